The lowest BCUT2D eigenvalue weighted by molar-refractivity contribution is -0.123. The smallest absolute Gasteiger partial charge is 0.258 e. The van der Waals surface area contributed by atoms with Gasteiger partial charge in [-0.2, -0.15) is 0 Å². The molecule has 0 aromatic heterocycles. The van der Waals surface area contributed by atoms with Crippen LogP contribution in [0, 0.1) is 0 Å². The maximum atomic E-state index is 11.6. The van der Waals surface area contributed by atoms with E-state index in [9.17, 15) is 4.79 Å². The summed E-state index contributed by atoms with van der Waals surface area (Å²) in [7, 11) is 0. The van der Waals surface area contributed by atoms with Crippen molar-refractivity contribution in [3.05, 3.63) is 29.3 Å². The molecule has 1 saturated heterocycles. The zero-order valence-corrected chi connectivity index (χ0v) is 11.3. The van der Waals surface area contributed by atoms with Gasteiger partial charge in [0.2, 0.25) is 0 Å². The van der Waals surface area contributed by atoms with Crippen LogP contribution in [0.3, 0.4) is 0 Å². The number of morpholine rings is 1. The molecule has 1 atom stereocenters. The Kier molecular flexibility index (Phi) is 5.44. The van der Waals surface area contributed by atoms with Crippen LogP contribution in [0.1, 0.15) is 0 Å². The van der Waals surface area contributed by atoms with Crippen molar-refractivity contribution in [1.82, 2.24) is 10.6 Å². The Labute approximate surface area is 117 Å². The maximum absolute atomic E-state index is 11.6. The lowest BCUT2D eigenvalue weighted by Gasteiger charge is -2.23. The van der Waals surface area contributed by atoms with Crippen molar-refractivity contribution in [1.29, 1.82) is 0 Å². The number of carbonyl (C=O) groups is 1. The molecule has 1 fully saturated rings. The third-order valence-electron chi connectivity index (χ3n) is 2.70. The van der Waals surface area contributed by atoms with Crippen molar-refractivity contribution in [2.75, 3.05) is 32.8 Å². The first kappa shape index (κ1) is 14.1. The highest BCUT2D eigenvalue weighted by atomic mass is 35.5. The number of nitrogens with one attached hydrogen (secondary N) is 2. The largest absolute Gasteiger partial charge is 0.484 e. The normalized spacial score (nSPS) is 18.9. The fourth-order valence-corrected chi connectivity index (χ4v) is 1.92. The average molecular weight is 285 g/mol. The minimum atomic E-state index is -0.172. The van der Waals surface area contributed by atoms with Gasteiger partial charge in [-0.15, -0.1) is 0 Å². The van der Waals surface area contributed by atoms with Gasteiger partial charge < -0.3 is 20.1 Å². The molecular weight excluding hydrogens is 268 g/mol. The third-order valence-corrected chi connectivity index (χ3v) is 2.93. The minimum Gasteiger partial charge on any atom is -0.484 e. The number of halogens is 1. The number of carbonyl (C=O) groups excluding carboxylic acids is 1. The molecule has 1 heterocycles. The van der Waals surface area contributed by atoms with Crippen LogP contribution in [0.25, 0.3) is 0 Å². The molecule has 0 saturated carbocycles. The van der Waals surface area contributed by atoms with Crippen molar-refractivity contribution < 1.29 is 14.3 Å². The lowest BCUT2D eigenvalue weighted by atomic mass is 10.3. The molecule has 0 bridgehead atoms. The SMILES string of the molecule is O=C(COc1cccc(Cl)c1)NCC1CNCCO1. The van der Waals surface area contributed by atoms with E-state index >= 15 is 0 Å². The Morgan fingerprint density at radius 3 is 3.21 bits per heavy atom. The number of amides is 1. The van der Waals surface area contributed by atoms with Crippen LogP contribution in [0.15, 0.2) is 24.3 Å². The summed E-state index contributed by atoms with van der Waals surface area (Å²) >= 11 is 5.82. The Morgan fingerprint density at radius 2 is 2.47 bits per heavy atom. The average Bonchev–Trinajstić information content (AvgIpc) is 2.44. The van der Waals surface area contributed by atoms with E-state index in [0.29, 0.717) is 23.9 Å². The highest BCUT2D eigenvalue weighted by Crippen LogP contribution is 2.16. The summed E-state index contributed by atoms with van der Waals surface area (Å²) in [5, 5.41) is 6.56. The maximum Gasteiger partial charge on any atom is 0.258 e. The van der Waals surface area contributed by atoms with E-state index in [1.807, 2.05) is 0 Å². The second-order valence-electron chi connectivity index (χ2n) is 4.25. The Bertz CT molecular complexity index is 422. The summed E-state index contributed by atoms with van der Waals surface area (Å²) in [5.74, 6) is 0.410. The molecule has 6 heteroatoms. The van der Waals surface area contributed by atoms with Gasteiger partial charge in [0.15, 0.2) is 6.61 Å². The van der Waals surface area contributed by atoms with Crippen LogP contribution in [-0.4, -0.2) is 44.9 Å². The van der Waals surface area contributed by atoms with Crippen molar-refractivity contribution >= 4 is 17.5 Å². The molecule has 1 aromatic carbocycles. The predicted molar refractivity (Wildman–Crippen MR) is 72.6 cm³/mol. The second kappa shape index (κ2) is 7.33. The Morgan fingerprint density at radius 1 is 1.58 bits per heavy atom. The van der Waals surface area contributed by atoms with E-state index in [4.69, 9.17) is 21.1 Å². The van der Waals surface area contributed by atoms with E-state index in [1.54, 1.807) is 24.3 Å². The van der Waals surface area contributed by atoms with E-state index in [0.717, 1.165) is 13.1 Å². The van der Waals surface area contributed by atoms with E-state index in [2.05, 4.69) is 10.6 Å². The van der Waals surface area contributed by atoms with Gasteiger partial charge in [-0.3, -0.25) is 4.79 Å². The molecule has 104 valence electrons. The number of hydrogen-bond donors (Lipinski definition) is 2. The molecule has 2 N–H and O–H groups in total. The molecule has 1 aliphatic heterocycles. The molecule has 0 radical (unpaired) electrons. The zero-order chi connectivity index (χ0) is 13.5. The number of ether oxygens (including phenoxy) is 2. The summed E-state index contributed by atoms with van der Waals surface area (Å²) in [4.78, 5) is 11.6. The van der Waals surface area contributed by atoms with Crippen LogP contribution in [0.5, 0.6) is 5.75 Å². The molecule has 5 nitrogen and oxygen atoms in total. The summed E-state index contributed by atoms with van der Waals surface area (Å²) < 4.78 is 10.8. The van der Waals surface area contributed by atoms with E-state index in [1.165, 1.54) is 0 Å². The van der Waals surface area contributed by atoms with Gasteiger partial charge in [0, 0.05) is 24.7 Å². The van der Waals surface area contributed by atoms with Gasteiger partial charge in [0.05, 0.1) is 12.7 Å². The fraction of sp³-hybridized carbons (Fsp3) is 0.462. The summed E-state index contributed by atoms with van der Waals surface area (Å²) in [6.07, 6.45) is 0.0314. The van der Waals surface area contributed by atoms with Gasteiger partial charge in [0.1, 0.15) is 5.75 Å². The molecule has 1 unspecified atom stereocenters. The van der Waals surface area contributed by atoms with E-state index < -0.39 is 0 Å². The summed E-state index contributed by atoms with van der Waals surface area (Å²) in [6, 6.07) is 6.95. The monoisotopic (exact) mass is 284 g/mol. The quantitative estimate of drug-likeness (QED) is 0.841. The van der Waals surface area contributed by atoms with Gasteiger partial charge in [-0.25, -0.2) is 0 Å². The minimum absolute atomic E-state index is 0.0273. The van der Waals surface area contributed by atoms with Crippen molar-refractivity contribution in [2.45, 2.75) is 6.10 Å². The van der Waals surface area contributed by atoms with Crippen molar-refractivity contribution in [2.24, 2.45) is 0 Å². The van der Waals surface area contributed by atoms with Crippen molar-refractivity contribution in [3.63, 3.8) is 0 Å². The molecule has 1 amide bonds. The Hall–Kier alpha value is -1.30. The van der Waals surface area contributed by atoms with Crippen LogP contribution in [0.2, 0.25) is 5.02 Å². The number of rotatable bonds is 5. The lowest BCUT2D eigenvalue weighted by Crippen LogP contribution is -2.45. The molecule has 1 aromatic rings. The van der Waals surface area contributed by atoms with Crippen LogP contribution < -0.4 is 15.4 Å². The van der Waals surface area contributed by atoms with Crippen LogP contribution >= 0.6 is 11.6 Å². The van der Waals surface area contributed by atoms with Crippen molar-refractivity contribution in [3.8, 4) is 5.75 Å². The summed E-state index contributed by atoms with van der Waals surface area (Å²) in [6.45, 7) is 2.77. The number of hydrogen-bond acceptors (Lipinski definition) is 4. The first-order chi connectivity index (χ1) is 9.24. The molecule has 1 aliphatic rings. The Balaban J connectivity index is 1.66. The molecular formula is C13H17ClN2O3. The first-order valence-electron chi connectivity index (χ1n) is 6.21. The molecule has 2 rings (SSSR count). The molecule has 0 aliphatic carbocycles. The molecule has 19 heavy (non-hydrogen) atoms. The van der Waals surface area contributed by atoms with E-state index in [-0.39, 0.29) is 18.6 Å². The van der Waals surface area contributed by atoms with Gasteiger partial charge >= 0.3 is 0 Å². The third kappa shape index (κ3) is 5.06. The highest BCUT2D eigenvalue weighted by molar-refractivity contribution is 6.30. The van der Waals surface area contributed by atoms with Gasteiger partial charge in [-0.05, 0) is 18.2 Å². The van der Waals surface area contributed by atoms with Crippen LogP contribution in [0.4, 0.5) is 0 Å². The summed E-state index contributed by atoms with van der Waals surface area (Å²) in [5.41, 5.74) is 0. The van der Waals surface area contributed by atoms with Gasteiger partial charge in [0.25, 0.3) is 5.91 Å². The second-order valence-corrected chi connectivity index (χ2v) is 4.68. The van der Waals surface area contributed by atoms with Crippen LogP contribution in [-0.2, 0) is 9.53 Å². The standard InChI is InChI=1S/C13H17ClN2O3/c14-10-2-1-3-11(6-10)19-9-13(17)16-8-12-7-15-4-5-18-12/h1-3,6,12,15H,4-5,7-9H2,(H,16,17). The number of benzene rings is 1. The molecule has 0 spiro atoms. The highest BCUT2D eigenvalue weighted by Gasteiger charge is 2.14. The zero-order valence-electron chi connectivity index (χ0n) is 10.5. The topological polar surface area (TPSA) is 59.6 Å². The predicted octanol–water partition coefficient (Wildman–Crippen LogP) is 0.823. The first-order valence-corrected chi connectivity index (χ1v) is 6.59. The van der Waals surface area contributed by atoms with Gasteiger partial charge in [-0.1, -0.05) is 17.7 Å². The fourth-order valence-electron chi connectivity index (χ4n) is 1.74.